The van der Waals surface area contributed by atoms with Gasteiger partial charge in [0.05, 0.1) is 34.2 Å². The summed E-state index contributed by atoms with van der Waals surface area (Å²) < 4.78 is 23.1. The van der Waals surface area contributed by atoms with Gasteiger partial charge in [0.15, 0.2) is 9.84 Å². The Bertz CT molecular complexity index is 664. The molecule has 0 spiro atoms. The molecule has 0 saturated carbocycles. The first-order valence-electron chi connectivity index (χ1n) is 7.56. The van der Waals surface area contributed by atoms with E-state index in [9.17, 15) is 13.2 Å². The third-order valence-corrected chi connectivity index (χ3v) is 7.63. The van der Waals surface area contributed by atoms with Crippen LogP contribution in [-0.2, 0) is 14.6 Å². The quantitative estimate of drug-likeness (QED) is 0.842. The topological polar surface area (TPSA) is 67.3 Å². The van der Waals surface area contributed by atoms with Gasteiger partial charge in [-0.3, -0.25) is 4.79 Å². The van der Waals surface area contributed by atoms with Crippen molar-refractivity contribution in [1.82, 2.24) is 9.88 Å². The van der Waals surface area contributed by atoms with E-state index in [-0.39, 0.29) is 23.5 Å². The summed E-state index contributed by atoms with van der Waals surface area (Å²) in [5.41, 5.74) is 0.958. The van der Waals surface area contributed by atoms with Crippen LogP contribution in [0.5, 0.6) is 0 Å². The summed E-state index contributed by atoms with van der Waals surface area (Å²) in [6.45, 7) is 8.15. The van der Waals surface area contributed by atoms with E-state index < -0.39 is 15.8 Å². The molecule has 7 heteroatoms. The normalized spacial score (nSPS) is 22.0. The molecule has 0 N–H and O–H groups in total. The highest BCUT2D eigenvalue weighted by atomic mass is 32.2. The van der Waals surface area contributed by atoms with Crippen LogP contribution >= 0.6 is 11.3 Å². The average molecular weight is 345 g/mol. The van der Waals surface area contributed by atoms with Crippen LogP contribution in [0.1, 0.15) is 54.7 Å². The van der Waals surface area contributed by atoms with E-state index >= 15 is 0 Å². The Morgan fingerprint density at radius 1 is 1.36 bits per heavy atom. The van der Waals surface area contributed by atoms with Gasteiger partial charge >= 0.3 is 0 Å². The van der Waals surface area contributed by atoms with Crippen molar-refractivity contribution in [2.75, 3.05) is 18.6 Å². The standard InChI is InChI=1S/C15H24N2O3S2/c1-9(2)14-16-10(3)13(21-14)11(4)17(5)15(18)12-6-7-22(19,20)8-12/h9,11-12H,6-8H2,1-5H3/t11-,12+/m1/s1. The molecule has 1 saturated heterocycles. The number of rotatable bonds is 4. The summed E-state index contributed by atoms with van der Waals surface area (Å²) >= 11 is 1.64. The van der Waals surface area contributed by atoms with Gasteiger partial charge in [-0.2, -0.15) is 0 Å². The molecule has 1 aromatic heterocycles. The summed E-state index contributed by atoms with van der Waals surface area (Å²) in [5, 5.41) is 1.07. The lowest BCUT2D eigenvalue weighted by Gasteiger charge is -2.26. The number of carbonyl (C=O) groups excluding carboxylic acids is 1. The van der Waals surface area contributed by atoms with Crippen LogP contribution in [0.4, 0.5) is 0 Å². The molecule has 1 amide bonds. The van der Waals surface area contributed by atoms with Crippen molar-refractivity contribution in [1.29, 1.82) is 0 Å². The van der Waals surface area contributed by atoms with Gasteiger partial charge in [-0.05, 0) is 20.3 Å². The molecule has 2 rings (SSSR count). The number of carbonyl (C=O) groups is 1. The molecule has 0 unspecified atom stereocenters. The zero-order chi connectivity index (χ0) is 16.7. The minimum absolute atomic E-state index is 0.0121. The molecule has 1 aliphatic heterocycles. The maximum absolute atomic E-state index is 12.5. The number of nitrogens with zero attached hydrogens (tertiary/aromatic N) is 2. The highest BCUT2D eigenvalue weighted by molar-refractivity contribution is 7.91. The highest BCUT2D eigenvalue weighted by Gasteiger charge is 2.36. The Kier molecular flexibility index (Phi) is 4.96. The Morgan fingerprint density at radius 3 is 2.45 bits per heavy atom. The fraction of sp³-hybridized carbons (Fsp3) is 0.733. The van der Waals surface area contributed by atoms with E-state index in [2.05, 4.69) is 18.8 Å². The zero-order valence-corrected chi connectivity index (χ0v) is 15.4. The second-order valence-electron chi connectivity index (χ2n) is 6.38. The molecule has 0 bridgehead atoms. The maximum Gasteiger partial charge on any atom is 0.227 e. The molecular formula is C15H24N2O3S2. The van der Waals surface area contributed by atoms with Crippen molar-refractivity contribution < 1.29 is 13.2 Å². The van der Waals surface area contributed by atoms with E-state index in [0.29, 0.717) is 12.3 Å². The molecule has 22 heavy (non-hydrogen) atoms. The van der Waals surface area contributed by atoms with Crippen LogP contribution in [0.25, 0.3) is 0 Å². The molecule has 0 aliphatic carbocycles. The number of sulfone groups is 1. The molecule has 1 aromatic rings. The zero-order valence-electron chi connectivity index (χ0n) is 13.8. The van der Waals surface area contributed by atoms with Crippen LogP contribution < -0.4 is 0 Å². The highest BCUT2D eigenvalue weighted by Crippen LogP contribution is 2.33. The van der Waals surface area contributed by atoms with Crippen molar-refractivity contribution in [2.45, 2.75) is 46.1 Å². The smallest absolute Gasteiger partial charge is 0.227 e. The molecule has 2 atom stereocenters. The molecular weight excluding hydrogens is 320 g/mol. The monoisotopic (exact) mass is 344 g/mol. The number of aromatic nitrogens is 1. The van der Waals surface area contributed by atoms with Gasteiger partial charge in [-0.1, -0.05) is 13.8 Å². The molecule has 0 radical (unpaired) electrons. The van der Waals surface area contributed by atoms with Crippen molar-refractivity contribution in [3.05, 3.63) is 15.6 Å². The summed E-state index contributed by atoms with van der Waals surface area (Å²) in [5.74, 6) is 0.0122. The van der Waals surface area contributed by atoms with Gasteiger partial charge in [0, 0.05) is 17.8 Å². The van der Waals surface area contributed by atoms with Crippen molar-refractivity contribution >= 4 is 27.1 Å². The molecule has 0 aromatic carbocycles. The summed E-state index contributed by atoms with van der Waals surface area (Å²) in [7, 11) is -1.28. The number of amides is 1. The van der Waals surface area contributed by atoms with Gasteiger partial charge in [0.25, 0.3) is 0 Å². The van der Waals surface area contributed by atoms with E-state index in [4.69, 9.17) is 0 Å². The minimum Gasteiger partial charge on any atom is -0.338 e. The summed E-state index contributed by atoms with van der Waals surface area (Å²) in [4.78, 5) is 19.9. The van der Waals surface area contributed by atoms with Gasteiger partial charge in [-0.15, -0.1) is 11.3 Å². The van der Waals surface area contributed by atoms with Crippen molar-refractivity contribution in [3.63, 3.8) is 0 Å². The van der Waals surface area contributed by atoms with Gasteiger partial charge in [0.1, 0.15) is 0 Å². The summed E-state index contributed by atoms with van der Waals surface area (Å²) in [6.07, 6.45) is 0.442. The van der Waals surface area contributed by atoms with Gasteiger partial charge in [0.2, 0.25) is 5.91 Å². The van der Waals surface area contributed by atoms with Crippen LogP contribution in [0.2, 0.25) is 0 Å². The predicted octanol–water partition coefficient (Wildman–Crippen LogP) is 2.53. The molecule has 1 fully saturated rings. The maximum atomic E-state index is 12.5. The Morgan fingerprint density at radius 2 is 2.00 bits per heavy atom. The molecule has 124 valence electrons. The predicted molar refractivity (Wildman–Crippen MR) is 88.9 cm³/mol. The largest absolute Gasteiger partial charge is 0.338 e. The Hall–Kier alpha value is -0.950. The number of aryl methyl sites for hydroxylation is 1. The molecule has 1 aliphatic rings. The second-order valence-corrected chi connectivity index (χ2v) is 9.67. The lowest BCUT2D eigenvalue weighted by atomic mass is 10.1. The number of hydrogen-bond donors (Lipinski definition) is 0. The Labute approximate surface area is 136 Å². The summed E-state index contributed by atoms with van der Waals surface area (Å²) in [6, 6.07) is -0.0826. The fourth-order valence-corrected chi connectivity index (χ4v) is 5.61. The first-order chi connectivity index (χ1) is 10.1. The van der Waals surface area contributed by atoms with E-state index in [0.717, 1.165) is 15.6 Å². The lowest BCUT2D eigenvalue weighted by molar-refractivity contribution is -0.135. The fourth-order valence-electron chi connectivity index (χ4n) is 2.71. The third kappa shape index (κ3) is 3.51. The van der Waals surface area contributed by atoms with E-state index in [1.54, 1.807) is 23.3 Å². The van der Waals surface area contributed by atoms with Gasteiger partial charge < -0.3 is 4.90 Å². The van der Waals surface area contributed by atoms with Crippen LogP contribution in [-0.4, -0.2) is 42.8 Å². The Balaban J connectivity index is 2.15. The van der Waals surface area contributed by atoms with Crippen LogP contribution in [0, 0.1) is 12.8 Å². The second kappa shape index (κ2) is 6.28. The van der Waals surface area contributed by atoms with Crippen molar-refractivity contribution in [3.8, 4) is 0 Å². The average Bonchev–Trinajstić information content (AvgIpc) is 2.99. The SMILES string of the molecule is Cc1nc(C(C)C)sc1[C@@H](C)N(C)C(=O)[C@H]1CCS(=O)(=O)C1. The third-order valence-electron chi connectivity index (χ3n) is 4.23. The first-order valence-corrected chi connectivity index (χ1v) is 10.2. The molecule has 2 heterocycles. The number of hydrogen-bond acceptors (Lipinski definition) is 5. The van der Waals surface area contributed by atoms with Crippen LogP contribution in [0.15, 0.2) is 0 Å². The number of thiazole rings is 1. The van der Waals surface area contributed by atoms with E-state index in [1.807, 2.05) is 13.8 Å². The molecule has 5 nitrogen and oxygen atoms in total. The van der Waals surface area contributed by atoms with Crippen molar-refractivity contribution in [2.24, 2.45) is 5.92 Å². The minimum atomic E-state index is -3.04. The van der Waals surface area contributed by atoms with Gasteiger partial charge in [-0.25, -0.2) is 13.4 Å². The lowest BCUT2D eigenvalue weighted by Crippen LogP contribution is -2.35. The first kappa shape index (κ1) is 17.4. The van der Waals surface area contributed by atoms with Crippen LogP contribution in [0.3, 0.4) is 0 Å². The van der Waals surface area contributed by atoms with E-state index in [1.165, 1.54) is 0 Å².